The summed E-state index contributed by atoms with van der Waals surface area (Å²) in [5.74, 6) is -0.929. The van der Waals surface area contributed by atoms with Gasteiger partial charge in [0.2, 0.25) is 5.91 Å². The minimum absolute atomic E-state index is 0.0726. The summed E-state index contributed by atoms with van der Waals surface area (Å²) in [6.45, 7) is 4.26. The molecule has 0 spiro atoms. The average molecular weight is 413 g/mol. The van der Waals surface area contributed by atoms with Crippen LogP contribution in [0.5, 0.6) is 0 Å². The number of nitrogens with zero attached hydrogens (tertiary/aromatic N) is 3. The summed E-state index contributed by atoms with van der Waals surface area (Å²) in [7, 11) is 2.90. The Bertz CT molecular complexity index is 1080. The van der Waals surface area contributed by atoms with Crippen LogP contribution in [0.3, 0.4) is 0 Å². The number of anilines is 1. The van der Waals surface area contributed by atoms with Gasteiger partial charge in [-0.05, 0) is 24.0 Å². The summed E-state index contributed by atoms with van der Waals surface area (Å²) < 4.78 is 7.60. The highest BCUT2D eigenvalue weighted by Crippen LogP contribution is 2.33. The average Bonchev–Trinajstić information content (AvgIpc) is 3.14. The van der Waals surface area contributed by atoms with Crippen molar-refractivity contribution in [3.05, 3.63) is 62.4 Å². The fourth-order valence-electron chi connectivity index (χ4n) is 3.65. The summed E-state index contributed by atoms with van der Waals surface area (Å²) in [6, 6.07) is 9.02. The van der Waals surface area contributed by atoms with E-state index in [0.29, 0.717) is 11.6 Å². The number of ether oxygens (including phenoxy) is 1. The first-order valence-corrected chi connectivity index (χ1v) is 10.1. The van der Waals surface area contributed by atoms with Gasteiger partial charge in [0, 0.05) is 38.8 Å². The van der Waals surface area contributed by atoms with Gasteiger partial charge in [-0.25, -0.2) is 4.79 Å². The van der Waals surface area contributed by atoms with E-state index in [0.717, 1.165) is 22.2 Å². The molecule has 1 saturated heterocycles. The Labute approximate surface area is 174 Å². The number of benzene rings is 1. The van der Waals surface area contributed by atoms with E-state index in [4.69, 9.17) is 4.74 Å². The van der Waals surface area contributed by atoms with Gasteiger partial charge >= 0.3 is 11.7 Å². The molecular weight excluding hydrogens is 386 g/mol. The fraction of sp³-hybridized carbons (Fsp3) is 0.455. The van der Waals surface area contributed by atoms with E-state index in [2.05, 4.69) is 13.8 Å². The van der Waals surface area contributed by atoms with Crippen LogP contribution >= 0.6 is 0 Å². The van der Waals surface area contributed by atoms with Crippen molar-refractivity contribution in [2.24, 2.45) is 20.0 Å². The molecule has 30 heavy (non-hydrogen) atoms. The third kappa shape index (κ3) is 4.08. The van der Waals surface area contributed by atoms with Crippen LogP contribution in [0.1, 0.15) is 43.9 Å². The lowest BCUT2D eigenvalue weighted by molar-refractivity contribution is -0.149. The molecule has 8 nitrogen and oxygen atoms in total. The molecule has 8 heteroatoms. The van der Waals surface area contributed by atoms with Gasteiger partial charge in [0.25, 0.3) is 5.56 Å². The van der Waals surface area contributed by atoms with Crippen LogP contribution in [-0.2, 0) is 35.0 Å². The topological polar surface area (TPSA) is 90.6 Å². The number of hydrogen-bond acceptors (Lipinski definition) is 5. The maximum Gasteiger partial charge on any atom is 0.330 e. The number of esters is 1. The second-order valence-corrected chi connectivity index (χ2v) is 7.76. The van der Waals surface area contributed by atoms with Crippen molar-refractivity contribution in [3.8, 4) is 0 Å². The maximum absolute atomic E-state index is 12.6. The zero-order valence-electron chi connectivity index (χ0n) is 17.8. The predicted molar refractivity (Wildman–Crippen MR) is 112 cm³/mol. The molecule has 0 aliphatic carbocycles. The summed E-state index contributed by atoms with van der Waals surface area (Å²) in [4.78, 5) is 50.7. The van der Waals surface area contributed by atoms with E-state index < -0.39 is 23.1 Å². The minimum atomic E-state index is -0.592. The lowest BCUT2D eigenvalue weighted by Crippen LogP contribution is -2.38. The SMILES string of the molecule is CC[C@H](C)c1ccccc1N1C[C@H](C(=O)OCc2cc(=O)n(C)c(=O)n2C)CC1=O. The number of aromatic nitrogens is 2. The molecule has 0 N–H and O–H groups in total. The first kappa shape index (κ1) is 21.5. The Morgan fingerprint density at radius 3 is 2.57 bits per heavy atom. The van der Waals surface area contributed by atoms with Gasteiger partial charge in [-0.2, -0.15) is 0 Å². The van der Waals surface area contributed by atoms with Crippen molar-refractivity contribution < 1.29 is 14.3 Å². The summed E-state index contributed by atoms with van der Waals surface area (Å²) in [5.41, 5.74) is 1.27. The summed E-state index contributed by atoms with van der Waals surface area (Å²) >= 11 is 0. The Hall–Kier alpha value is -3.16. The van der Waals surface area contributed by atoms with Crippen molar-refractivity contribution in [1.29, 1.82) is 0 Å². The second kappa shape index (κ2) is 8.69. The molecule has 1 aliphatic rings. The zero-order valence-corrected chi connectivity index (χ0v) is 17.8. The second-order valence-electron chi connectivity index (χ2n) is 7.76. The predicted octanol–water partition coefficient (Wildman–Crippen LogP) is 1.69. The van der Waals surface area contributed by atoms with E-state index in [1.54, 1.807) is 4.90 Å². The monoisotopic (exact) mass is 413 g/mol. The molecule has 1 aliphatic heterocycles. The van der Waals surface area contributed by atoms with Crippen LogP contribution in [0.15, 0.2) is 39.9 Å². The van der Waals surface area contributed by atoms with E-state index in [1.807, 2.05) is 24.3 Å². The van der Waals surface area contributed by atoms with E-state index in [-0.39, 0.29) is 25.5 Å². The number of carbonyl (C=O) groups excluding carboxylic acids is 2. The van der Waals surface area contributed by atoms with Crippen LogP contribution in [0.25, 0.3) is 0 Å². The quantitative estimate of drug-likeness (QED) is 0.673. The molecule has 2 aromatic rings. The lowest BCUT2D eigenvalue weighted by Gasteiger charge is -2.23. The van der Waals surface area contributed by atoms with Crippen LogP contribution in [0, 0.1) is 5.92 Å². The summed E-state index contributed by atoms with van der Waals surface area (Å²) in [6.07, 6.45) is 1.02. The molecular formula is C22H27N3O5. The normalized spacial score (nSPS) is 17.3. The van der Waals surface area contributed by atoms with Crippen molar-refractivity contribution >= 4 is 17.6 Å². The molecule has 1 aromatic carbocycles. The van der Waals surface area contributed by atoms with Crippen molar-refractivity contribution in [2.75, 3.05) is 11.4 Å². The van der Waals surface area contributed by atoms with Gasteiger partial charge in [-0.3, -0.25) is 23.5 Å². The molecule has 0 saturated carbocycles. The number of para-hydroxylation sites is 1. The van der Waals surface area contributed by atoms with Crippen LogP contribution in [0.4, 0.5) is 5.69 Å². The van der Waals surface area contributed by atoms with Crippen molar-refractivity contribution in [3.63, 3.8) is 0 Å². The Balaban J connectivity index is 1.73. The molecule has 0 bridgehead atoms. The highest BCUT2D eigenvalue weighted by atomic mass is 16.5. The van der Waals surface area contributed by atoms with Crippen LogP contribution < -0.4 is 16.1 Å². The maximum atomic E-state index is 12.6. The van der Waals surface area contributed by atoms with E-state index in [9.17, 15) is 19.2 Å². The third-order valence-electron chi connectivity index (χ3n) is 5.82. The zero-order chi connectivity index (χ0) is 22.0. The number of amides is 1. The highest BCUT2D eigenvalue weighted by Gasteiger charge is 2.37. The first-order chi connectivity index (χ1) is 14.2. The molecule has 2 heterocycles. The molecule has 2 atom stereocenters. The molecule has 1 aromatic heterocycles. The van der Waals surface area contributed by atoms with E-state index >= 15 is 0 Å². The Morgan fingerprint density at radius 1 is 1.17 bits per heavy atom. The molecule has 0 unspecified atom stereocenters. The number of rotatable bonds is 6. The highest BCUT2D eigenvalue weighted by molar-refractivity contribution is 6.00. The van der Waals surface area contributed by atoms with E-state index in [1.165, 1.54) is 24.7 Å². The van der Waals surface area contributed by atoms with Gasteiger partial charge in [-0.15, -0.1) is 0 Å². The van der Waals surface area contributed by atoms with Crippen molar-refractivity contribution in [1.82, 2.24) is 9.13 Å². The molecule has 0 radical (unpaired) electrons. The van der Waals surface area contributed by atoms with Gasteiger partial charge in [-0.1, -0.05) is 32.0 Å². The minimum Gasteiger partial charge on any atom is -0.459 e. The van der Waals surface area contributed by atoms with Crippen molar-refractivity contribution in [2.45, 2.75) is 39.2 Å². The first-order valence-electron chi connectivity index (χ1n) is 10.1. The molecule has 160 valence electrons. The van der Waals surface area contributed by atoms with Gasteiger partial charge in [0.1, 0.15) is 6.61 Å². The smallest absolute Gasteiger partial charge is 0.330 e. The Kier molecular flexibility index (Phi) is 6.24. The summed E-state index contributed by atoms with van der Waals surface area (Å²) in [5, 5.41) is 0. The van der Waals surface area contributed by atoms with Gasteiger partial charge < -0.3 is 9.64 Å². The van der Waals surface area contributed by atoms with Gasteiger partial charge in [0.05, 0.1) is 11.6 Å². The third-order valence-corrected chi connectivity index (χ3v) is 5.82. The largest absolute Gasteiger partial charge is 0.459 e. The fourth-order valence-corrected chi connectivity index (χ4v) is 3.65. The van der Waals surface area contributed by atoms with Crippen LogP contribution in [-0.4, -0.2) is 27.6 Å². The lowest BCUT2D eigenvalue weighted by atomic mass is 9.96. The molecule has 3 rings (SSSR count). The number of carbonyl (C=O) groups is 2. The standard InChI is InChI=1S/C22H27N3O5/c1-5-14(2)17-8-6-7-9-18(17)25-12-15(10-20(25)27)21(28)30-13-16-11-19(26)24(4)22(29)23(16)3/h6-9,11,14-15H,5,10,12-13H2,1-4H3/t14-,15+/m0/s1. The number of hydrogen-bond donors (Lipinski definition) is 0. The van der Waals surface area contributed by atoms with Gasteiger partial charge in [0.15, 0.2) is 0 Å². The molecule has 1 fully saturated rings. The Morgan fingerprint density at radius 2 is 1.87 bits per heavy atom. The van der Waals surface area contributed by atoms with Crippen LogP contribution in [0.2, 0.25) is 0 Å². The molecule has 1 amide bonds.